The van der Waals surface area contributed by atoms with Gasteiger partial charge in [-0.15, -0.1) is 0 Å². The Kier molecular flexibility index (Phi) is 3.22. The summed E-state index contributed by atoms with van der Waals surface area (Å²) in [6, 6.07) is 7.89. The van der Waals surface area contributed by atoms with Crippen LogP contribution in [-0.4, -0.2) is 39.3 Å². The number of nitrogens with zero attached hydrogens (tertiary/aromatic N) is 2. The summed E-state index contributed by atoms with van der Waals surface area (Å²) in [7, 11) is 3.50. The van der Waals surface area contributed by atoms with Crippen LogP contribution in [-0.2, 0) is 9.53 Å². The number of methoxy groups -OCH3 is 1. The van der Waals surface area contributed by atoms with Crippen LogP contribution in [0.1, 0.15) is 6.92 Å². The van der Waals surface area contributed by atoms with E-state index in [0.717, 1.165) is 24.5 Å². The lowest BCUT2D eigenvalue weighted by Gasteiger charge is -2.39. The molecule has 0 saturated carbocycles. The molecule has 1 atom stereocenters. The van der Waals surface area contributed by atoms with Crippen molar-refractivity contribution in [1.29, 1.82) is 0 Å². The third-order valence-electron chi connectivity index (χ3n) is 3.29. The minimum Gasteiger partial charge on any atom is -0.467 e. The molecule has 0 aromatic heterocycles. The Balaban J connectivity index is 2.33. The maximum Gasteiger partial charge on any atom is 0.328 e. The van der Waals surface area contributed by atoms with E-state index in [1.807, 2.05) is 25.1 Å². The van der Waals surface area contributed by atoms with Crippen molar-refractivity contribution < 1.29 is 9.53 Å². The summed E-state index contributed by atoms with van der Waals surface area (Å²) < 4.78 is 4.81. The van der Waals surface area contributed by atoms with Crippen molar-refractivity contribution in [2.45, 2.75) is 13.0 Å². The molecule has 1 unspecified atom stereocenters. The van der Waals surface area contributed by atoms with Gasteiger partial charge in [-0.1, -0.05) is 12.1 Å². The van der Waals surface area contributed by atoms with Crippen molar-refractivity contribution in [3.8, 4) is 0 Å². The molecule has 1 aromatic carbocycles. The molecule has 2 rings (SSSR count). The molecule has 0 spiro atoms. The van der Waals surface area contributed by atoms with Crippen LogP contribution in [0.5, 0.6) is 0 Å². The average molecular weight is 234 g/mol. The van der Waals surface area contributed by atoms with Crippen molar-refractivity contribution in [2.75, 3.05) is 37.0 Å². The van der Waals surface area contributed by atoms with E-state index in [4.69, 9.17) is 4.74 Å². The number of para-hydroxylation sites is 2. The number of fused-ring (bicyclic) bond motifs is 1. The van der Waals surface area contributed by atoms with Crippen LogP contribution < -0.4 is 9.80 Å². The molecule has 1 aliphatic heterocycles. The molecule has 0 amide bonds. The van der Waals surface area contributed by atoms with Crippen LogP contribution in [0.3, 0.4) is 0 Å². The highest BCUT2D eigenvalue weighted by atomic mass is 16.5. The fourth-order valence-electron chi connectivity index (χ4n) is 2.23. The zero-order valence-corrected chi connectivity index (χ0v) is 10.5. The molecule has 0 N–H and O–H groups in total. The third-order valence-corrected chi connectivity index (χ3v) is 3.29. The molecule has 0 saturated heterocycles. The number of ether oxygens (including phenoxy) is 1. The Hall–Kier alpha value is -1.71. The Morgan fingerprint density at radius 2 is 1.94 bits per heavy atom. The molecule has 17 heavy (non-hydrogen) atoms. The number of hydrogen-bond donors (Lipinski definition) is 0. The van der Waals surface area contributed by atoms with Gasteiger partial charge < -0.3 is 14.5 Å². The summed E-state index contributed by atoms with van der Waals surface area (Å²) in [5, 5.41) is 0. The lowest BCUT2D eigenvalue weighted by Crippen LogP contribution is -2.47. The van der Waals surface area contributed by atoms with Gasteiger partial charge >= 0.3 is 5.97 Å². The lowest BCUT2D eigenvalue weighted by atomic mass is 10.1. The fraction of sp³-hybridized carbons (Fsp3) is 0.462. The summed E-state index contributed by atoms with van der Waals surface area (Å²) in [6.45, 7) is 3.63. The number of esters is 1. The highest BCUT2D eigenvalue weighted by Gasteiger charge is 2.27. The number of likely N-dealkylation sites (N-methyl/N-ethyl adjacent to an activating group) is 1. The summed E-state index contributed by atoms with van der Waals surface area (Å²) in [4.78, 5) is 15.9. The fourth-order valence-corrected chi connectivity index (χ4v) is 2.23. The minimum atomic E-state index is -0.241. The highest BCUT2D eigenvalue weighted by Crippen LogP contribution is 2.33. The van der Waals surface area contributed by atoms with Crippen molar-refractivity contribution in [1.82, 2.24) is 0 Å². The zero-order valence-electron chi connectivity index (χ0n) is 10.5. The van der Waals surface area contributed by atoms with Crippen LogP contribution in [0.15, 0.2) is 24.3 Å². The number of anilines is 2. The first-order chi connectivity index (χ1) is 8.15. The summed E-state index contributed by atoms with van der Waals surface area (Å²) >= 11 is 0. The first-order valence-electron chi connectivity index (χ1n) is 5.79. The van der Waals surface area contributed by atoms with Crippen LogP contribution in [0.2, 0.25) is 0 Å². The maximum atomic E-state index is 11.6. The van der Waals surface area contributed by atoms with Crippen LogP contribution in [0, 0.1) is 0 Å². The summed E-state index contributed by atoms with van der Waals surface area (Å²) in [5.74, 6) is -0.190. The Morgan fingerprint density at radius 3 is 2.59 bits per heavy atom. The number of benzene rings is 1. The van der Waals surface area contributed by atoms with Gasteiger partial charge in [-0.2, -0.15) is 0 Å². The van der Waals surface area contributed by atoms with Crippen LogP contribution in [0.4, 0.5) is 11.4 Å². The number of rotatable bonds is 2. The molecule has 0 fully saturated rings. The molecule has 0 aliphatic carbocycles. The molecular weight excluding hydrogens is 216 g/mol. The second kappa shape index (κ2) is 4.65. The molecule has 1 heterocycles. The summed E-state index contributed by atoms with van der Waals surface area (Å²) in [5.41, 5.74) is 2.26. The molecule has 92 valence electrons. The van der Waals surface area contributed by atoms with Gasteiger partial charge in [0.15, 0.2) is 0 Å². The zero-order chi connectivity index (χ0) is 12.4. The SMILES string of the molecule is COC(=O)C(C)N1CCN(C)c2ccccc21. The standard InChI is InChI=1S/C13H18N2O2/c1-10(13(16)17-3)15-9-8-14(2)11-6-4-5-7-12(11)15/h4-7,10H,8-9H2,1-3H3. The molecule has 1 aromatic rings. The van der Waals surface area contributed by atoms with E-state index in [2.05, 4.69) is 22.9 Å². The largest absolute Gasteiger partial charge is 0.467 e. The van der Waals surface area contributed by atoms with Gasteiger partial charge in [0, 0.05) is 20.1 Å². The van der Waals surface area contributed by atoms with E-state index in [9.17, 15) is 4.79 Å². The molecule has 4 heteroatoms. The van der Waals surface area contributed by atoms with Gasteiger partial charge in [-0.05, 0) is 19.1 Å². The Bertz CT molecular complexity index is 420. The molecule has 1 aliphatic rings. The van der Waals surface area contributed by atoms with E-state index in [1.54, 1.807) is 0 Å². The van der Waals surface area contributed by atoms with E-state index >= 15 is 0 Å². The maximum absolute atomic E-state index is 11.6. The van der Waals surface area contributed by atoms with Gasteiger partial charge in [0.25, 0.3) is 0 Å². The van der Waals surface area contributed by atoms with Gasteiger partial charge in [-0.3, -0.25) is 0 Å². The average Bonchev–Trinajstić information content (AvgIpc) is 2.38. The van der Waals surface area contributed by atoms with Crippen molar-refractivity contribution in [3.05, 3.63) is 24.3 Å². The first-order valence-corrected chi connectivity index (χ1v) is 5.79. The van der Waals surface area contributed by atoms with Gasteiger partial charge in [-0.25, -0.2) is 4.79 Å². The number of hydrogen-bond acceptors (Lipinski definition) is 4. The minimum absolute atomic E-state index is 0.190. The molecule has 0 bridgehead atoms. The third kappa shape index (κ3) is 2.07. The van der Waals surface area contributed by atoms with Gasteiger partial charge in [0.05, 0.1) is 18.5 Å². The number of carbonyl (C=O) groups excluding carboxylic acids is 1. The number of carbonyl (C=O) groups is 1. The predicted molar refractivity (Wildman–Crippen MR) is 68.5 cm³/mol. The topological polar surface area (TPSA) is 32.8 Å². The monoisotopic (exact) mass is 234 g/mol. The molecular formula is C13H18N2O2. The highest BCUT2D eigenvalue weighted by molar-refractivity contribution is 5.83. The van der Waals surface area contributed by atoms with Gasteiger partial charge in [0.1, 0.15) is 6.04 Å². The second-order valence-corrected chi connectivity index (χ2v) is 4.30. The van der Waals surface area contributed by atoms with Crippen molar-refractivity contribution in [3.63, 3.8) is 0 Å². The quantitative estimate of drug-likeness (QED) is 0.726. The second-order valence-electron chi connectivity index (χ2n) is 4.30. The smallest absolute Gasteiger partial charge is 0.328 e. The Morgan fingerprint density at radius 1 is 1.29 bits per heavy atom. The molecule has 4 nitrogen and oxygen atoms in total. The van der Waals surface area contributed by atoms with E-state index in [-0.39, 0.29) is 12.0 Å². The van der Waals surface area contributed by atoms with Crippen molar-refractivity contribution >= 4 is 17.3 Å². The van der Waals surface area contributed by atoms with E-state index in [1.165, 1.54) is 7.11 Å². The normalized spacial score (nSPS) is 16.4. The lowest BCUT2D eigenvalue weighted by molar-refractivity contribution is -0.141. The van der Waals surface area contributed by atoms with Crippen LogP contribution in [0.25, 0.3) is 0 Å². The molecule has 0 radical (unpaired) electrons. The van der Waals surface area contributed by atoms with Crippen LogP contribution >= 0.6 is 0 Å². The van der Waals surface area contributed by atoms with Crippen molar-refractivity contribution in [2.24, 2.45) is 0 Å². The summed E-state index contributed by atoms with van der Waals surface area (Å²) in [6.07, 6.45) is 0. The van der Waals surface area contributed by atoms with Gasteiger partial charge in [0.2, 0.25) is 0 Å². The van der Waals surface area contributed by atoms with E-state index in [0.29, 0.717) is 0 Å². The first kappa shape index (κ1) is 11.8. The Labute approximate surface area is 102 Å². The predicted octanol–water partition coefficient (Wildman–Crippen LogP) is 1.50. The van der Waals surface area contributed by atoms with E-state index < -0.39 is 0 Å².